The second-order valence-electron chi connectivity index (χ2n) is 3.43. The van der Waals surface area contributed by atoms with Crippen LogP contribution in [0.4, 0.5) is 4.39 Å². The van der Waals surface area contributed by atoms with Crippen LogP contribution in [-0.4, -0.2) is 21.9 Å². The Kier molecular flexibility index (Phi) is 3.83. The minimum absolute atomic E-state index is 0.285. The normalized spacial score (nSPS) is 11.0. The molecule has 0 aliphatic heterocycles. The lowest BCUT2D eigenvalue weighted by molar-refractivity contribution is 0.0955. The Labute approximate surface area is 107 Å². The molecule has 0 spiro atoms. The summed E-state index contributed by atoms with van der Waals surface area (Å²) in [6.07, 6.45) is 4.50. The van der Waals surface area contributed by atoms with Gasteiger partial charge in [0.05, 0.1) is 22.9 Å². The molecule has 1 N–H and O–H groups in total. The molecule has 0 saturated heterocycles. The number of hydrogen-bond acceptors (Lipinski definition) is 4. The zero-order valence-corrected chi connectivity index (χ0v) is 10.4. The number of nitrogens with zero attached hydrogens (tertiary/aromatic N) is 3. The predicted molar refractivity (Wildman–Crippen MR) is 67.2 cm³/mol. The summed E-state index contributed by atoms with van der Waals surface area (Å²) >= 11 is 0.959. The fourth-order valence-electron chi connectivity index (χ4n) is 1.27. The molecule has 2 rings (SSSR count). The Bertz CT molecular complexity index is 575. The molecule has 0 aliphatic carbocycles. The van der Waals surface area contributed by atoms with Crippen molar-refractivity contribution >= 4 is 23.5 Å². The molecule has 0 bridgehead atoms. The van der Waals surface area contributed by atoms with E-state index in [2.05, 4.69) is 15.6 Å². The van der Waals surface area contributed by atoms with Crippen LogP contribution in [0.15, 0.2) is 29.6 Å². The average Bonchev–Trinajstić information content (AvgIpc) is 2.98. The van der Waals surface area contributed by atoms with Gasteiger partial charge in [0.15, 0.2) is 5.13 Å². The predicted octanol–water partition coefficient (Wildman–Crippen LogP) is 1.87. The summed E-state index contributed by atoms with van der Waals surface area (Å²) in [7, 11) is 0. The molecule has 5 nitrogen and oxygen atoms in total. The third kappa shape index (κ3) is 3.01. The van der Waals surface area contributed by atoms with Gasteiger partial charge in [0.1, 0.15) is 0 Å². The number of carbonyl (C=O) groups is 1. The van der Waals surface area contributed by atoms with Gasteiger partial charge in [-0.05, 0) is 19.1 Å². The van der Waals surface area contributed by atoms with Crippen LogP contribution in [0.3, 0.4) is 0 Å². The number of rotatable bonds is 4. The van der Waals surface area contributed by atoms with E-state index >= 15 is 0 Å². The van der Waals surface area contributed by atoms with Gasteiger partial charge in [-0.15, -0.1) is 11.3 Å². The molecule has 2 heterocycles. The van der Waals surface area contributed by atoms with Crippen LogP contribution in [0.2, 0.25) is 0 Å². The second-order valence-corrected chi connectivity index (χ2v) is 4.49. The summed E-state index contributed by atoms with van der Waals surface area (Å²) in [5, 5.41) is 7.45. The van der Waals surface area contributed by atoms with Gasteiger partial charge in [0, 0.05) is 12.7 Å². The molecule has 0 atom stereocenters. The van der Waals surface area contributed by atoms with Gasteiger partial charge in [-0.3, -0.25) is 9.48 Å². The van der Waals surface area contributed by atoms with Crippen molar-refractivity contribution < 1.29 is 9.18 Å². The van der Waals surface area contributed by atoms with Gasteiger partial charge in [-0.25, -0.2) is 5.43 Å². The van der Waals surface area contributed by atoms with Crippen LogP contribution in [0.25, 0.3) is 0 Å². The number of aromatic nitrogens is 2. The quantitative estimate of drug-likeness (QED) is 0.678. The monoisotopic (exact) mass is 266 g/mol. The number of amides is 1. The van der Waals surface area contributed by atoms with Gasteiger partial charge in [0.25, 0.3) is 5.91 Å². The Balaban J connectivity index is 1.93. The number of hydrogen-bond donors (Lipinski definition) is 1. The summed E-state index contributed by atoms with van der Waals surface area (Å²) in [6, 6.07) is 2.93. The van der Waals surface area contributed by atoms with E-state index in [1.807, 2.05) is 6.92 Å². The lowest BCUT2D eigenvalue weighted by Gasteiger charge is -1.94. The first-order valence-electron chi connectivity index (χ1n) is 5.30. The van der Waals surface area contributed by atoms with Crippen molar-refractivity contribution in [3.8, 4) is 0 Å². The maximum Gasteiger partial charge on any atom is 0.274 e. The van der Waals surface area contributed by atoms with E-state index < -0.39 is 0 Å². The van der Waals surface area contributed by atoms with Gasteiger partial charge in [-0.1, -0.05) is 0 Å². The highest BCUT2D eigenvalue weighted by Gasteiger charge is 2.06. The highest BCUT2D eigenvalue weighted by molar-refractivity contribution is 7.12. The van der Waals surface area contributed by atoms with E-state index in [1.54, 1.807) is 16.9 Å². The Hall–Kier alpha value is -2.02. The Morgan fingerprint density at radius 2 is 2.50 bits per heavy atom. The average molecular weight is 266 g/mol. The summed E-state index contributed by atoms with van der Waals surface area (Å²) in [5.74, 6) is -0.344. The second kappa shape index (κ2) is 5.54. The lowest BCUT2D eigenvalue weighted by Crippen LogP contribution is -2.16. The van der Waals surface area contributed by atoms with Crippen molar-refractivity contribution in [2.75, 3.05) is 0 Å². The van der Waals surface area contributed by atoms with Crippen LogP contribution in [0.5, 0.6) is 0 Å². The molecule has 0 unspecified atom stereocenters. The maximum absolute atomic E-state index is 12.7. The Morgan fingerprint density at radius 3 is 3.11 bits per heavy atom. The highest BCUT2D eigenvalue weighted by Crippen LogP contribution is 2.11. The summed E-state index contributed by atoms with van der Waals surface area (Å²) in [4.78, 5) is 12.3. The highest BCUT2D eigenvalue weighted by atomic mass is 32.1. The van der Waals surface area contributed by atoms with Crippen molar-refractivity contribution in [3.05, 3.63) is 40.1 Å². The zero-order chi connectivity index (χ0) is 13.0. The standard InChI is InChI=1S/C11H11FN4OS/c1-2-16-7-8(5-14-16)11(17)15-13-6-9-3-4-10(12)18-9/h3-7H,2H2,1H3,(H,15,17)/b13-6-. The number of hydrazone groups is 1. The zero-order valence-electron chi connectivity index (χ0n) is 9.63. The van der Waals surface area contributed by atoms with Gasteiger partial charge < -0.3 is 0 Å². The topological polar surface area (TPSA) is 59.3 Å². The molecule has 94 valence electrons. The van der Waals surface area contributed by atoms with Crippen LogP contribution in [0.1, 0.15) is 22.2 Å². The molecule has 0 aromatic carbocycles. The molecule has 0 aliphatic rings. The van der Waals surface area contributed by atoms with E-state index in [-0.39, 0.29) is 11.0 Å². The molecule has 2 aromatic rings. The lowest BCUT2D eigenvalue weighted by atomic mass is 10.3. The van der Waals surface area contributed by atoms with E-state index in [0.29, 0.717) is 17.0 Å². The number of nitrogens with one attached hydrogen (secondary N) is 1. The fraction of sp³-hybridized carbons (Fsp3) is 0.182. The summed E-state index contributed by atoms with van der Waals surface area (Å²) in [6.45, 7) is 2.63. The first kappa shape index (κ1) is 12.4. The SMILES string of the molecule is CCn1cc(C(=O)N/N=C\c2ccc(F)s2)cn1. The molecule has 18 heavy (non-hydrogen) atoms. The van der Waals surface area contributed by atoms with Gasteiger partial charge >= 0.3 is 0 Å². The molecule has 0 fully saturated rings. The first-order chi connectivity index (χ1) is 8.69. The van der Waals surface area contributed by atoms with Crippen molar-refractivity contribution in [1.82, 2.24) is 15.2 Å². The van der Waals surface area contributed by atoms with Gasteiger partial charge in [-0.2, -0.15) is 14.6 Å². The molecular formula is C11H11FN4OS. The smallest absolute Gasteiger partial charge is 0.272 e. The minimum atomic E-state index is -0.344. The molecule has 0 saturated carbocycles. The van der Waals surface area contributed by atoms with Crippen molar-refractivity contribution in [2.45, 2.75) is 13.5 Å². The third-order valence-corrected chi connectivity index (χ3v) is 2.98. The van der Waals surface area contributed by atoms with Crippen LogP contribution < -0.4 is 5.43 Å². The molecule has 0 radical (unpaired) electrons. The molecule has 7 heteroatoms. The van der Waals surface area contributed by atoms with Crippen molar-refractivity contribution in [2.24, 2.45) is 5.10 Å². The van der Waals surface area contributed by atoms with Crippen LogP contribution in [0, 0.1) is 5.13 Å². The fourth-order valence-corrected chi connectivity index (χ4v) is 1.87. The van der Waals surface area contributed by atoms with Crippen LogP contribution in [-0.2, 0) is 6.54 Å². The first-order valence-corrected chi connectivity index (χ1v) is 6.12. The number of halogens is 1. The molecule has 1 amide bonds. The third-order valence-electron chi connectivity index (χ3n) is 2.17. The van der Waals surface area contributed by atoms with Crippen molar-refractivity contribution in [1.29, 1.82) is 0 Å². The summed E-state index contributed by atoms with van der Waals surface area (Å²) in [5.41, 5.74) is 2.79. The molecular weight excluding hydrogens is 255 g/mol. The minimum Gasteiger partial charge on any atom is -0.272 e. The van der Waals surface area contributed by atoms with Gasteiger partial charge in [0.2, 0.25) is 0 Å². The van der Waals surface area contributed by atoms with Crippen LogP contribution >= 0.6 is 11.3 Å². The Morgan fingerprint density at radius 1 is 1.67 bits per heavy atom. The largest absolute Gasteiger partial charge is 0.274 e. The molecule has 2 aromatic heterocycles. The van der Waals surface area contributed by atoms with E-state index in [0.717, 1.165) is 11.3 Å². The maximum atomic E-state index is 12.7. The van der Waals surface area contributed by atoms with E-state index in [1.165, 1.54) is 18.5 Å². The summed E-state index contributed by atoms with van der Waals surface area (Å²) < 4.78 is 14.3. The van der Waals surface area contributed by atoms with Crippen molar-refractivity contribution in [3.63, 3.8) is 0 Å². The number of thiophene rings is 1. The van der Waals surface area contributed by atoms with E-state index in [9.17, 15) is 9.18 Å². The van der Waals surface area contributed by atoms with E-state index in [4.69, 9.17) is 0 Å². The number of carbonyl (C=O) groups excluding carboxylic acids is 1. The number of aryl methyl sites for hydroxylation is 1.